The molecule has 1 aliphatic rings. The van der Waals surface area contributed by atoms with E-state index < -0.39 is 11.4 Å². The number of nitrogens with one attached hydrogen (secondary N) is 1. The van der Waals surface area contributed by atoms with Gasteiger partial charge in [-0.25, -0.2) is 4.98 Å². The summed E-state index contributed by atoms with van der Waals surface area (Å²) in [5.74, 6) is 0.851. The molecule has 0 bridgehead atoms. The van der Waals surface area contributed by atoms with Crippen molar-refractivity contribution in [2.75, 3.05) is 62.8 Å². The first-order valence-electron chi connectivity index (χ1n) is 10.8. The minimum absolute atomic E-state index is 0.274. The lowest BCUT2D eigenvalue weighted by Gasteiger charge is -2.25. The van der Waals surface area contributed by atoms with Crippen molar-refractivity contribution in [3.8, 4) is 0 Å². The van der Waals surface area contributed by atoms with Gasteiger partial charge in [0.15, 0.2) is 11.6 Å². The van der Waals surface area contributed by atoms with Crippen LogP contribution in [0.4, 0.5) is 11.4 Å². The van der Waals surface area contributed by atoms with Crippen molar-refractivity contribution in [3.63, 3.8) is 0 Å². The summed E-state index contributed by atoms with van der Waals surface area (Å²) in [5.41, 5.74) is 3.19. The Hall–Kier alpha value is -2.07. The number of hydrogen-bond acceptors (Lipinski definition) is 7. The number of anilines is 2. The third kappa shape index (κ3) is 6.46. The van der Waals surface area contributed by atoms with E-state index >= 15 is 0 Å². The molecule has 170 valence electrons. The van der Waals surface area contributed by atoms with Gasteiger partial charge in [-0.2, -0.15) is 0 Å². The maximum atomic E-state index is 12.6. The number of carbonyl (C=O) groups is 1. The van der Waals surface area contributed by atoms with Gasteiger partial charge in [-0.15, -0.1) is 4.31 Å². The van der Waals surface area contributed by atoms with Gasteiger partial charge in [-0.3, -0.25) is 4.79 Å². The van der Waals surface area contributed by atoms with Gasteiger partial charge in [-0.05, 0) is 44.6 Å². The minimum Gasteiger partial charge on any atom is -0.598 e. The molecule has 9 heteroatoms. The van der Waals surface area contributed by atoms with Crippen LogP contribution in [-0.4, -0.2) is 77.2 Å². The van der Waals surface area contributed by atoms with Crippen molar-refractivity contribution >= 4 is 28.6 Å². The molecule has 1 unspecified atom stereocenters. The summed E-state index contributed by atoms with van der Waals surface area (Å²) in [6.07, 6.45) is 3.13. The number of carbonyl (C=O) groups excluding carboxylic acids is 1. The third-order valence-electron chi connectivity index (χ3n) is 5.40. The van der Waals surface area contributed by atoms with Gasteiger partial charge in [0.2, 0.25) is 0 Å². The standard InChI is InChI=1S/C22H33N5O3S/c1-5-18-7-8-19(15-20(18)24-22(28)21-16-30-17(2)23-21)26-9-6-10-27(12-11-26)31(29)14-13-25(3)4/h7-8,15-16H,5-6,9-14H2,1-4H3,(H,24,28). The molecule has 1 atom stereocenters. The molecule has 1 amide bonds. The fraction of sp³-hybridized carbons (Fsp3) is 0.545. The van der Waals surface area contributed by atoms with Crippen LogP contribution in [0.15, 0.2) is 28.9 Å². The minimum atomic E-state index is -0.954. The molecular weight excluding hydrogens is 414 g/mol. The first-order chi connectivity index (χ1) is 14.9. The van der Waals surface area contributed by atoms with Crippen molar-refractivity contribution in [1.82, 2.24) is 14.2 Å². The second-order valence-corrected chi connectivity index (χ2v) is 9.57. The SMILES string of the molecule is CCc1ccc(N2CCCN([S+]([O-])CCN(C)C)CC2)cc1NC(=O)c1coc(C)n1. The predicted octanol–water partition coefficient (Wildman–Crippen LogP) is 2.54. The largest absolute Gasteiger partial charge is 0.598 e. The smallest absolute Gasteiger partial charge is 0.277 e. The summed E-state index contributed by atoms with van der Waals surface area (Å²) < 4.78 is 19.9. The van der Waals surface area contributed by atoms with Crippen molar-refractivity contribution in [1.29, 1.82) is 0 Å². The van der Waals surface area contributed by atoms with Crippen LogP contribution >= 0.6 is 0 Å². The van der Waals surface area contributed by atoms with Crippen LogP contribution in [0.1, 0.15) is 35.3 Å². The quantitative estimate of drug-likeness (QED) is 0.622. The molecule has 2 aromatic rings. The second-order valence-electron chi connectivity index (χ2n) is 8.00. The molecule has 2 heterocycles. The highest BCUT2D eigenvalue weighted by Gasteiger charge is 2.24. The lowest BCUT2D eigenvalue weighted by molar-refractivity contribution is 0.102. The van der Waals surface area contributed by atoms with Crippen LogP contribution in [-0.2, 0) is 17.8 Å². The fourth-order valence-electron chi connectivity index (χ4n) is 3.59. The van der Waals surface area contributed by atoms with Gasteiger partial charge < -0.3 is 24.1 Å². The summed E-state index contributed by atoms with van der Waals surface area (Å²) in [5, 5.41) is 2.99. The number of aryl methyl sites for hydroxylation is 2. The molecular formula is C22H33N5O3S. The van der Waals surface area contributed by atoms with Crippen molar-refractivity contribution in [2.45, 2.75) is 26.7 Å². The average molecular weight is 448 g/mol. The zero-order valence-electron chi connectivity index (χ0n) is 18.9. The van der Waals surface area contributed by atoms with Crippen LogP contribution in [0.2, 0.25) is 0 Å². The molecule has 31 heavy (non-hydrogen) atoms. The van der Waals surface area contributed by atoms with Crippen LogP contribution in [0.3, 0.4) is 0 Å². The Morgan fingerprint density at radius 2 is 2.10 bits per heavy atom. The van der Waals surface area contributed by atoms with Gasteiger partial charge in [0.25, 0.3) is 5.91 Å². The number of oxazole rings is 1. The lowest BCUT2D eigenvalue weighted by Crippen LogP contribution is -2.38. The van der Waals surface area contributed by atoms with E-state index in [4.69, 9.17) is 4.42 Å². The summed E-state index contributed by atoms with van der Waals surface area (Å²) in [6, 6.07) is 6.20. The molecule has 0 aliphatic carbocycles. The molecule has 0 saturated carbocycles. The van der Waals surface area contributed by atoms with Crippen LogP contribution in [0.25, 0.3) is 0 Å². The summed E-state index contributed by atoms with van der Waals surface area (Å²) in [7, 11) is 4.00. The Morgan fingerprint density at radius 1 is 1.29 bits per heavy atom. The topological polar surface area (TPSA) is 87.9 Å². The molecule has 0 radical (unpaired) electrons. The monoisotopic (exact) mass is 447 g/mol. The zero-order chi connectivity index (χ0) is 22.4. The highest BCUT2D eigenvalue weighted by atomic mass is 32.2. The Kier molecular flexibility index (Phi) is 8.36. The Morgan fingerprint density at radius 3 is 2.77 bits per heavy atom. The first-order valence-corrected chi connectivity index (χ1v) is 12.0. The number of benzene rings is 1. The fourth-order valence-corrected chi connectivity index (χ4v) is 4.98. The molecule has 1 N–H and O–H groups in total. The van der Waals surface area contributed by atoms with Gasteiger partial charge in [0.1, 0.15) is 12.0 Å². The highest BCUT2D eigenvalue weighted by molar-refractivity contribution is 7.89. The first kappa shape index (κ1) is 23.6. The van der Waals surface area contributed by atoms with E-state index in [2.05, 4.69) is 43.5 Å². The van der Waals surface area contributed by atoms with Gasteiger partial charge >= 0.3 is 0 Å². The molecule has 1 aromatic heterocycles. The number of nitrogens with zero attached hydrogens (tertiary/aromatic N) is 4. The third-order valence-corrected chi connectivity index (χ3v) is 6.87. The maximum absolute atomic E-state index is 12.6. The molecule has 1 fully saturated rings. The van der Waals surface area contributed by atoms with Gasteiger partial charge in [0, 0.05) is 55.8 Å². The number of rotatable bonds is 8. The van der Waals surface area contributed by atoms with Crippen LogP contribution in [0.5, 0.6) is 0 Å². The van der Waals surface area contributed by atoms with E-state index in [0.29, 0.717) is 11.6 Å². The van der Waals surface area contributed by atoms with E-state index in [1.807, 2.05) is 20.2 Å². The van der Waals surface area contributed by atoms with Crippen molar-refractivity contribution in [2.24, 2.45) is 0 Å². The van der Waals surface area contributed by atoms with E-state index in [1.165, 1.54) is 6.26 Å². The summed E-state index contributed by atoms with van der Waals surface area (Å²) in [4.78, 5) is 21.1. The van der Waals surface area contributed by atoms with E-state index in [-0.39, 0.29) is 11.6 Å². The summed E-state index contributed by atoms with van der Waals surface area (Å²) >= 11 is -0.954. The van der Waals surface area contributed by atoms with Gasteiger partial charge in [0.05, 0.1) is 6.54 Å². The van der Waals surface area contributed by atoms with Gasteiger partial charge in [-0.1, -0.05) is 13.0 Å². The molecule has 1 aromatic carbocycles. The maximum Gasteiger partial charge on any atom is 0.277 e. The zero-order valence-corrected chi connectivity index (χ0v) is 19.7. The number of amides is 1. The Labute approximate surface area is 187 Å². The number of aromatic nitrogens is 1. The van der Waals surface area contributed by atoms with Crippen molar-refractivity contribution < 1.29 is 13.8 Å². The van der Waals surface area contributed by atoms with Crippen LogP contribution in [0, 0.1) is 6.92 Å². The lowest BCUT2D eigenvalue weighted by atomic mass is 10.1. The molecule has 3 rings (SSSR count). The average Bonchev–Trinajstić information content (AvgIpc) is 3.04. The summed E-state index contributed by atoms with van der Waals surface area (Å²) in [6.45, 7) is 7.88. The normalized spacial score (nSPS) is 16.4. The predicted molar refractivity (Wildman–Crippen MR) is 125 cm³/mol. The number of hydrogen-bond donors (Lipinski definition) is 1. The molecule has 0 spiro atoms. The molecule has 8 nitrogen and oxygen atoms in total. The van der Waals surface area contributed by atoms with Crippen LogP contribution < -0.4 is 10.2 Å². The second kappa shape index (κ2) is 11.0. The highest BCUT2D eigenvalue weighted by Crippen LogP contribution is 2.26. The van der Waals surface area contributed by atoms with Crippen molar-refractivity contribution in [3.05, 3.63) is 41.6 Å². The van der Waals surface area contributed by atoms with E-state index in [9.17, 15) is 9.35 Å². The van der Waals surface area contributed by atoms with E-state index in [1.54, 1.807) is 6.92 Å². The van der Waals surface area contributed by atoms with E-state index in [0.717, 1.165) is 62.5 Å². The Balaban J connectivity index is 1.68. The molecule has 1 aliphatic heterocycles. The molecule has 1 saturated heterocycles. The Bertz CT molecular complexity index is 873.